The smallest absolute Gasteiger partial charge is 0.333 e. The summed E-state index contributed by atoms with van der Waals surface area (Å²) in [5.74, 6) is -1.24. The number of carboxylic acids is 1. The Morgan fingerprint density at radius 3 is 2.48 bits per heavy atom. The summed E-state index contributed by atoms with van der Waals surface area (Å²) >= 11 is 0. The number of carboxylic acid groups (broad SMARTS) is 1. The Balaban J connectivity index is 2.68. The first-order valence-corrected chi connectivity index (χ1v) is 6.57. The summed E-state index contributed by atoms with van der Waals surface area (Å²) in [5.41, 5.74) is -1.25. The molecular weight excluding hydrogens is 278 g/mol. The van der Waals surface area contributed by atoms with Gasteiger partial charge in [0.15, 0.2) is 0 Å². The van der Waals surface area contributed by atoms with E-state index < -0.39 is 23.1 Å². The third kappa shape index (κ3) is 4.30. The van der Waals surface area contributed by atoms with Crippen molar-refractivity contribution < 1.29 is 15.0 Å². The van der Waals surface area contributed by atoms with Crippen LogP contribution in [0.4, 0.5) is 0 Å². The standard InChI is InChI=1S/C13H19N3O5/c1-15-11(19)9(12(20)16(2)13(15)21)8-14-7-5-3-4-6-10(17)18/h8,19H,3-7H2,1-2H3,(H,17,18). The molecule has 0 aliphatic heterocycles. The zero-order chi connectivity index (χ0) is 16.0. The SMILES string of the molecule is Cn1c(O)c(C=NCCCCCC(=O)O)c(=O)n(C)c1=O. The Bertz CT molecular complexity index is 657. The third-order valence-corrected chi connectivity index (χ3v) is 3.07. The van der Waals surface area contributed by atoms with Crippen LogP contribution in [0.25, 0.3) is 0 Å². The summed E-state index contributed by atoms with van der Waals surface area (Å²) in [6.07, 6.45) is 3.37. The molecule has 0 saturated carbocycles. The fourth-order valence-corrected chi connectivity index (χ4v) is 1.78. The number of nitrogens with zero attached hydrogens (tertiary/aromatic N) is 3. The van der Waals surface area contributed by atoms with Crippen molar-refractivity contribution in [3.63, 3.8) is 0 Å². The van der Waals surface area contributed by atoms with Crippen LogP contribution in [0, 0.1) is 0 Å². The van der Waals surface area contributed by atoms with E-state index in [4.69, 9.17) is 5.11 Å². The van der Waals surface area contributed by atoms with E-state index in [1.54, 1.807) is 0 Å². The predicted octanol–water partition coefficient (Wildman–Crippen LogP) is -0.146. The molecule has 8 heteroatoms. The van der Waals surface area contributed by atoms with Gasteiger partial charge in [-0.1, -0.05) is 6.42 Å². The molecule has 1 rings (SSSR count). The molecule has 1 aromatic rings. The van der Waals surface area contributed by atoms with Gasteiger partial charge in [0.2, 0.25) is 5.88 Å². The Morgan fingerprint density at radius 2 is 1.86 bits per heavy atom. The number of aliphatic imine (C=N–C) groups is 1. The van der Waals surface area contributed by atoms with E-state index in [0.29, 0.717) is 19.4 Å². The van der Waals surface area contributed by atoms with Crippen LogP contribution in [0.3, 0.4) is 0 Å². The van der Waals surface area contributed by atoms with E-state index in [1.807, 2.05) is 0 Å². The second-order valence-electron chi connectivity index (χ2n) is 4.68. The number of hydrogen-bond donors (Lipinski definition) is 2. The first-order chi connectivity index (χ1) is 9.86. The summed E-state index contributed by atoms with van der Waals surface area (Å²) in [5, 5.41) is 18.3. The summed E-state index contributed by atoms with van der Waals surface area (Å²) in [7, 11) is 2.69. The minimum absolute atomic E-state index is 0.0369. The van der Waals surface area contributed by atoms with Crippen molar-refractivity contribution in [2.75, 3.05) is 6.54 Å². The van der Waals surface area contributed by atoms with Gasteiger partial charge >= 0.3 is 11.7 Å². The van der Waals surface area contributed by atoms with Gasteiger partial charge in [-0.15, -0.1) is 0 Å². The van der Waals surface area contributed by atoms with Gasteiger partial charge in [0, 0.05) is 33.3 Å². The molecule has 2 N–H and O–H groups in total. The summed E-state index contributed by atoms with van der Waals surface area (Å²) in [6.45, 7) is 0.422. The molecule has 21 heavy (non-hydrogen) atoms. The second-order valence-corrected chi connectivity index (χ2v) is 4.68. The molecule has 0 fully saturated rings. The lowest BCUT2D eigenvalue weighted by molar-refractivity contribution is -0.137. The first-order valence-electron chi connectivity index (χ1n) is 6.57. The van der Waals surface area contributed by atoms with Crippen LogP contribution >= 0.6 is 0 Å². The molecule has 0 saturated heterocycles. The molecule has 0 amide bonds. The normalized spacial score (nSPS) is 11.1. The predicted molar refractivity (Wildman–Crippen MR) is 77.2 cm³/mol. The number of aliphatic carboxylic acids is 1. The fraction of sp³-hybridized carbons (Fsp3) is 0.538. The van der Waals surface area contributed by atoms with E-state index in [-0.39, 0.29) is 12.0 Å². The molecule has 0 radical (unpaired) electrons. The molecule has 0 atom stereocenters. The lowest BCUT2D eigenvalue weighted by Crippen LogP contribution is -2.38. The molecular formula is C13H19N3O5. The van der Waals surface area contributed by atoms with Crippen molar-refractivity contribution >= 4 is 12.2 Å². The number of rotatable bonds is 7. The fourth-order valence-electron chi connectivity index (χ4n) is 1.78. The first kappa shape index (κ1) is 16.7. The van der Waals surface area contributed by atoms with E-state index in [9.17, 15) is 19.5 Å². The minimum Gasteiger partial charge on any atom is -0.494 e. The van der Waals surface area contributed by atoms with Gasteiger partial charge in [0.25, 0.3) is 5.56 Å². The number of carbonyl (C=O) groups is 1. The van der Waals surface area contributed by atoms with E-state index in [2.05, 4.69) is 4.99 Å². The van der Waals surface area contributed by atoms with Gasteiger partial charge in [-0.2, -0.15) is 0 Å². The van der Waals surface area contributed by atoms with Crippen LogP contribution in [0.15, 0.2) is 14.6 Å². The van der Waals surface area contributed by atoms with E-state index in [0.717, 1.165) is 15.6 Å². The van der Waals surface area contributed by atoms with Gasteiger partial charge in [0.1, 0.15) is 5.56 Å². The lowest BCUT2D eigenvalue weighted by atomic mass is 10.2. The second kappa shape index (κ2) is 7.41. The Hall–Kier alpha value is -2.38. The Kier molecular flexibility index (Phi) is 5.89. The van der Waals surface area contributed by atoms with Crippen molar-refractivity contribution in [1.82, 2.24) is 9.13 Å². The largest absolute Gasteiger partial charge is 0.494 e. The maximum absolute atomic E-state index is 11.8. The molecule has 8 nitrogen and oxygen atoms in total. The number of unbranched alkanes of at least 4 members (excludes halogenated alkanes) is 2. The average molecular weight is 297 g/mol. The highest BCUT2D eigenvalue weighted by molar-refractivity contribution is 5.81. The number of aromatic hydroxyl groups is 1. The van der Waals surface area contributed by atoms with Gasteiger partial charge < -0.3 is 10.2 Å². The van der Waals surface area contributed by atoms with Crippen LogP contribution in [0.5, 0.6) is 5.88 Å². The highest BCUT2D eigenvalue weighted by Crippen LogP contribution is 2.06. The maximum Gasteiger partial charge on any atom is 0.333 e. The quantitative estimate of drug-likeness (QED) is 0.537. The molecule has 0 aromatic carbocycles. The minimum atomic E-state index is -0.822. The van der Waals surface area contributed by atoms with Crippen LogP contribution in [-0.4, -0.2) is 38.1 Å². The van der Waals surface area contributed by atoms with Crippen LogP contribution < -0.4 is 11.2 Å². The Labute approximate surface area is 121 Å². The maximum atomic E-state index is 11.8. The summed E-state index contributed by atoms with van der Waals surface area (Å²) < 4.78 is 1.86. The van der Waals surface area contributed by atoms with Gasteiger partial charge in [-0.3, -0.25) is 23.7 Å². The van der Waals surface area contributed by atoms with Crippen molar-refractivity contribution in [2.45, 2.75) is 25.7 Å². The average Bonchev–Trinajstić information content (AvgIpc) is 2.45. The van der Waals surface area contributed by atoms with Gasteiger partial charge in [-0.25, -0.2) is 4.79 Å². The van der Waals surface area contributed by atoms with Crippen molar-refractivity contribution in [3.8, 4) is 5.88 Å². The van der Waals surface area contributed by atoms with Crippen molar-refractivity contribution in [1.29, 1.82) is 0 Å². The third-order valence-electron chi connectivity index (χ3n) is 3.07. The number of hydrogen-bond acceptors (Lipinski definition) is 5. The van der Waals surface area contributed by atoms with Crippen LogP contribution in [-0.2, 0) is 18.9 Å². The molecule has 0 aliphatic rings. The molecule has 0 unspecified atom stereocenters. The molecule has 1 aromatic heterocycles. The zero-order valence-electron chi connectivity index (χ0n) is 12.1. The highest BCUT2D eigenvalue weighted by atomic mass is 16.4. The van der Waals surface area contributed by atoms with Crippen molar-refractivity contribution in [2.24, 2.45) is 19.1 Å². The van der Waals surface area contributed by atoms with Gasteiger partial charge in [0.05, 0.1) is 0 Å². The summed E-state index contributed by atoms with van der Waals surface area (Å²) in [6, 6.07) is 0. The lowest BCUT2D eigenvalue weighted by Gasteiger charge is -2.06. The zero-order valence-corrected chi connectivity index (χ0v) is 12.1. The molecule has 0 spiro atoms. The van der Waals surface area contributed by atoms with Crippen molar-refractivity contribution in [3.05, 3.63) is 26.4 Å². The van der Waals surface area contributed by atoms with Gasteiger partial charge in [-0.05, 0) is 12.8 Å². The molecule has 0 aliphatic carbocycles. The molecule has 1 heterocycles. The van der Waals surface area contributed by atoms with E-state index >= 15 is 0 Å². The molecule has 0 bridgehead atoms. The molecule has 116 valence electrons. The van der Waals surface area contributed by atoms with E-state index in [1.165, 1.54) is 20.3 Å². The van der Waals surface area contributed by atoms with Crippen LogP contribution in [0.2, 0.25) is 0 Å². The van der Waals surface area contributed by atoms with Crippen LogP contribution in [0.1, 0.15) is 31.2 Å². The summed E-state index contributed by atoms with van der Waals surface area (Å²) in [4.78, 5) is 37.7. The monoisotopic (exact) mass is 297 g/mol. The highest BCUT2D eigenvalue weighted by Gasteiger charge is 2.12. The topological polar surface area (TPSA) is 114 Å². The number of aromatic nitrogens is 2. The Morgan fingerprint density at radius 1 is 1.19 bits per heavy atom.